The summed E-state index contributed by atoms with van der Waals surface area (Å²) in [5, 5.41) is 0. The van der Waals surface area contributed by atoms with Crippen molar-refractivity contribution >= 4 is 17.4 Å². The zero-order chi connectivity index (χ0) is 14.1. The standard InChI is InChI=1S/C15H26ClN3/c1-4-18(5-2)10-7-11-19(6-3)15-9-8-14(12-16)13-17-15/h8-9,13H,4-7,10-12H2,1-3H3. The van der Waals surface area contributed by atoms with E-state index in [1.165, 1.54) is 6.42 Å². The molecule has 3 nitrogen and oxygen atoms in total. The Bertz CT molecular complexity index is 336. The number of pyridine rings is 1. The topological polar surface area (TPSA) is 19.4 Å². The second kappa shape index (κ2) is 9.16. The Morgan fingerprint density at radius 3 is 2.26 bits per heavy atom. The Labute approximate surface area is 122 Å². The Morgan fingerprint density at radius 2 is 1.79 bits per heavy atom. The van der Waals surface area contributed by atoms with Crippen LogP contribution < -0.4 is 4.90 Å². The molecule has 19 heavy (non-hydrogen) atoms. The summed E-state index contributed by atoms with van der Waals surface area (Å²) in [6, 6.07) is 4.13. The third-order valence-electron chi connectivity index (χ3n) is 3.47. The first kappa shape index (κ1) is 16.3. The molecule has 1 aromatic rings. The number of aromatic nitrogens is 1. The normalized spacial score (nSPS) is 11.0. The van der Waals surface area contributed by atoms with E-state index in [1.54, 1.807) is 0 Å². The van der Waals surface area contributed by atoms with Gasteiger partial charge >= 0.3 is 0 Å². The molecule has 1 rings (SSSR count). The van der Waals surface area contributed by atoms with Crippen molar-refractivity contribution in [3.63, 3.8) is 0 Å². The summed E-state index contributed by atoms with van der Waals surface area (Å²) in [6.07, 6.45) is 3.05. The molecule has 0 aromatic carbocycles. The highest BCUT2D eigenvalue weighted by atomic mass is 35.5. The molecule has 0 fully saturated rings. The van der Waals surface area contributed by atoms with Crippen LogP contribution in [0.4, 0.5) is 5.82 Å². The molecule has 0 aliphatic carbocycles. The molecule has 108 valence electrons. The van der Waals surface area contributed by atoms with Gasteiger partial charge in [0.2, 0.25) is 0 Å². The fourth-order valence-electron chi connectivity index (χ4n) is 2.14. The van der Waals surface area contributed by atoms with Gasteiger partial charge in [0, 0.05) is 25.2 Å². The molecule has 0 amide bonds. The van der Waals surface area contributed by atoms with Gasteiger partial charge in [-0.15, -0.1) is 11.6 Å². The van der Waals surface area contributed by atoms with E-state index in [2.05, 4.69) is 47.7 Å². The molecule has 0 saturated carbocycles. The summed E-state index contributed by atoms with van der Waals surface area (Å²) in [4.78, 5) is 9.26. The first-order valence-corrected chi connectivity index (χ1v) is 7.76. The average molecular weight is 284 g/mol. The second-order valence-electron chi connectivity index (χ2n) is 4.62. The van der Waals surface area contributed by atoms with Gasteiger partial charge in [0.05, 0.1) is 0 Å². The average Bonchev–Trinajstić information content (AvgIpc) is 2.48. The Morgan fingerprint density at radius 1 is 1.05 bits per heavy atom. The van der Waals surface area contributed by atoms with E-state index in [0.717, 1.165) is 44.1 Å². The third kappa shape index (κ3) is 5.37. The molecular formula is C15H26ClN3. The maximum Gasteiger partial charge on any atom is 0.128 e. The lowest BCUT2D eigenvalue weighted by Gasteiger charge is -2.24. The van der Waals surface area contributed by atoms with Crippen LogP contribution in [0.3, 0.4) is 0 Å². The first-order valence-electron chi connectivity index (χ1n) is 7.23. The molecule has 0 aliphatic heterocycles. The minimum Gasteiger partial charge on any atom is -0.357 e. The van der Waals surface area contributed by atoms with Gasteiger partial charge in [0.25, 0.3) is 0 Å². The number of alkyl halides is 1. The van der Waals surface area contributed by atoms with Crippen LogP contribution in [0.25, 0.3) is 0 Å². The van der Waals surface area contributed by atoms with Crippen LogP contribution in [0.15, 0.2) is 18.3 Å². The molecule has 0 spiro atoms. The van der Waals surface area contributed by atoms with Crippen molar-refractivity contribution in [3.05, 3.63) is 23.9 Å². The van der Waals surface area contributed by atoms with Crippen LogP contribution in [0.5, 0.6) is 0 Å². The van der Waals surface area contributed by atoms with Gasteiger partial charge in [0.15, 0.2) is 0 Å². The van der Waals surface area contributed by atoms with Crippen molar-refractivity contribution in [3.8, 4) is 0 Å². The Kier molecular flexibility index (Phi) is 7.84. The summed E-state index contributed by atoms with van der Waals surface area (Å²) in [5.41, 5.74) is 1.07. The highest BCUT2D eigenvalue weighted by Crippen LogP contribution is 2.12. The zero-order valence-corrected chi connectivity index (χ0v) is 13.2. The van der Waals surface area contributed by atoms with E-state index in [0.29, 0.717) is 5.88 Å². The smallest absolute Gasteiger partial charge is 0.128 e. The molecule has 0 radical (unpaired) electrons. The van der Waals surface area contributed by atoms with Gasteiger partial charge in [-0.2, -0.15) is 0 Å². The quantitative estimate of drug-likeness (QED) is 0.648. The third-order valence-corrected chi connectivity index (χ3v) is 3.77. The van der Waals surface area contributed by atoms with Crippen LogP contribution >= 0.6 is 11.6 Å². The molecular weight excluding hydrogens is 258 g/mol. The van der Waals surface area contributed by atoms with Gasteiger partial charge in [-0.25, -0.2) is 4.98 Å². The van der Waals surface area contributed by atoms with Crippen molar-refractivity contribution in [2.24, 2.45) is 0 Å². The van der Waals surface area contributed by atoms with Crippen LogP contribution in [-0.4, -0.2) is 42.6 Å². The van der Waals surface area contributed by atoms with E-state index in [1.807, 2.05) is 6.20 Å². The highest BCUT2D eigenvalue weighted by Gasteiger charge is 2.06. The summed E-state index contributed by atoms with van der Waals surface area (Å²) in [7, 11) is 0. The number of anilines is 1. The second-order valence-corrected chi connectivity index (χ2v) is 4.89. The summed E-state index contributed by atoms with van der Waals surface area (Å²) in [5.74, 6) is 1.58. The van der Waals surface area contributed by atoms with Crippen molar-refractivity contribution in [2.75, 3.05) is 37.6 Å². The molecule has 0 N–H and O–H groups in total. The van der Waals surface area contributed by atoms with Crippen LogP contribution in [-0.2, 0) is 5.88 Å². The van der Waals surface area contributed by atoms with Gasteiger partial charge < -0.3 is 9.80 Å². The maximum absolute atomic E-state index is 5.78. The zero-order valence-electron chi connectivity index (χ0n) is 12.4. The molecule has 1 heterocycles. The minimum absolute atomic E-state index is 0.529. The van der Waals surface area contributed by atoms with Gasteiger partial charge in [-0.3, -0.25) is 0 Å². The SMILES string of the molecule is CCN(CC)CCCN(CC)c1ccc(CCl)cn1. The van der Waals surface area contributed by atoms with Gasteiger partial charge in [-0.1, -0.05) is 19.9 Å². The largest absolute Gasteiger partial charge is 0.357 e. The predicted molar refractivity (Wildman–Crippen MR) is 84.1 cm³/mol. The molecule has 1 aromatic heterocycles. The van der Waals surface area contributed by atoms with E-state index in [-0.39, 0.29) is 0 Å². The van der Waals surface area contributed by atoms with Crippen molar-refractivity contribution in [1.82, 2.24) is 9.88 Å². The van der Waals surface area contributed by atoms with Crippen molar-refractivity contribution < 1.29 is 0 Å². The fourth-order valence-corrected chi connectivity index (χ4v) is 2.30. The molecule has 0 bridgehead atoms. The van der Waals surface area contributed by atoms with Crippen molar-refractivity contribution in [1.29, 1.82) is 0 Å². The van der Waals surface area contributed by atoms with Gasteiger partial charge in [0.1, 0.15) is 5.82 Å². The first-order chi connectivity index (χ1) is 9.24. The van der Waals surface area contributed by atoms with Gasteiger partial charge in [-0.05, 0) is 44.6 Å². The maximum atomic E-state index is 5.78. The summed E-state index contributed by atoms with van der Waals surface area (Å²) >= 11 is 5.78. The fraction of sp³-hybridized carbons (Fsp3) is 0.667. The predicted octanol–water partition coefficient (Wildman–Crippen LogP) is 3.38. The van der Waals surface area contributed by atoms with E-state index in [9.17, 15) is 0 Å². The van der Waals surface area contributed by atoms with Crippen LogP contribution in [0, 0.1) is 0 Å². The molecule has 4 heteroatoms. The number of rotatable bonds is 9. The van der Waals surface area contributed by atoms with Crippen LogP contribution in [0.1, 0.15) is 32.8 Å². The number of hydrogen-bond donors (Lipinski definition) is 0. The highest BCUT2D eigenvalue weighted by molar-refractivity contribution is 6.17. The number of halogens is 1. The lowest BCUT2D eigenvalue weighted by molar-refractivity contribution is 0.300. The Hall–Kier alpha value is -0.800. The summed E-state index contributed by atoms with van der Waals surface area (Å²) in [6.45, 7) is 12.1. The minimum atomic E-state index is 0.529. The lowest BCUT2D eigenvalue weighted by Crippen LogP contribution is -2.30. The molecule has 0 atom stereocenters. The molecule has 0 saturated heterocycles. The van der Waals surface area contributed by atoms with E-state index >= 15 is 0 Å². The monoisotopic (exact) mass is 283 g/mol. The van der Waals surface area contributed by atoms with E-state index < -0.39 is 0 Å². The van der Waals surface area contributed by atoms with E-state index in [4.69, 9.17) is 11.6 Å². The summed E-state index contributed by atoms with van der Waals surface area (Å²) < 4.78 is 0. The Balaban J connectivity index is 2.48. The lowest BCUT2D eigenvalue weighted by atomic mass is 10.3. The molecule has 0 aliphatic rings. The number of nitrogens with zero attached hydrogens (tertiary/aromatic N) is 3. The number of hydrogen-bond acceptors (Lipinski definition) is 3. The van der Waals surface area contributed by atoms with Crippen molar-refractivity contribution in [2.45, 2.75) is 33.1 Å². The van der Waals surface area contributed by atoms with Crippen LogP contribution in [0.2, 0.25) is 0 Å². The molecule has 0 unspecified atom stereocenters.